The summed E-state index contributed by atoms with van der Waals surface area (Å²) in [6.07, 6.45) is 4.13. The van der Waals surface area contributed by atoms with Gasteiger partial charge >= 0.3 is 0 Å². The fourth-order valence-corrected chi connectivity index (χ4v) is 2.98. The molecule has 0 saturated heterocycles. The van der Waals surface area contributed by atoms with Crippen LogP contribution in [-0.2, 0) is 16.4 Å². The number of nitrogens with zero attached hydrogens (tertiary/aromatic N) is 1. The number of aromatic amines is 1. The predicted octanol–water partition coefficient (Wildman–Crippen LogP) is 1.62. The monoisotopic (exact) mass is 273 g/mol. The van der Waals surface area contributed by atoms with E-state index in [-0.39, 0.29) is 5.75 Å². The van der Waals surface area contributed by atoms with Crippen molar-refractivity contribution in [3.05, 3.63) is 17.5 Å². The molecule has 1 rings (SSSR count). The average molecular weight is 273 g/mol. The van der Waals surface area contributed by atoms with Crippen LogP contribution < -0.4 is 4.72 Å². The van der Waals surface area contributed by atoms with E-state index in [0.29, 0.717) is 18.9 Å². The first kappa shape index (κ1) is 15.2. The maximum absolute atomic E-state index is 11.6. The Kier molecular flexibility index (Phi) is 5.81. The third-order valence-electron chi connectivity index (χ3n) is 2.84. The van der Waals surface area contributed by atoms with Gasteiger partial charge in [-0.1, -0.05) is 13.8 Å². The minimum Gasteiger partial charge on any atom is -0.283 e. The van der Waals surface area contributed by atoms with E-state index in [1.807, 2.05) is 20.8 Å². The topological polar surface area (TPSA) is 74.8 Å². The van der Waals surface area contributed by atoms with Crippen LogP contribution in [-0.4, -0.2) is 30.9 Å². The molecular weight excluding hydrogens is 250 g/mol. The molecule has 0 radical (unpaired) electrons. The SMILES string of the molecule is Cc1[nH]ncc1CCCNS(=O)(=O)CCC(C)C. The first-order valence-corrected chi connectivity index (χ1v) is 8.02. The second kappa shape index (κ2) is 6.89. The molecule has 0 atom stereocenters. The smallest absolute Gasteiger partial charge is 0.211 e. The van der Waals surface area contributed by atoms with Gasteiger partial charge in [-0.3, -0.25) is 5.10 Å². The van der Waals surface area contributed by atoms with E-state index in [4.69, 9.17) is 0 Å². The fourth-order valence-electron chi connectivity index (χ4n) is 1.60. The van der Waals surface area contributed by atoms with Crippen LogP contribution in [0.3, 0.4) is 0 Å². The molecule has 2 N–H and O–H groups in total. The van der Waals surface area contributed by atoms with E-state index in [0.717, 1.165) is 24.1 Å². The van der Waals surface area contributed by atoms with Crippen molar-refractivity contribution in [1.29, 1.82) is 0 Å². The van der Waals surface area contributed by atoms with E-state index in [1.54, 1.807) is 6.20 Å². The molecule has 1 heterocycles. The van der Waals surface area contributed by atoms with Crippen LogP contribution in [0.5, 0.6) is 0 Å². The van der Waals surface area contributed by atoms with Crippen LogP contribution in [0.2, 0.25) is 0 Å². The van der Waals surface area contributed by atoms with Gasteiger partial charge in [-0.25, -0.2) is 13.1 Å². The van der Waals surface area contributed by atoms with E-state index < -0.39 is 10.0 Å². The number of hydrogen-bond donors (Lipinski definition) is 2. The molecule has 0 spiro atoms. The zero-order valence-corrected chi connectivity index (χ0v) is 12.2. The van der Waals surface area contributed by atoms with Gasteiger partial charge in [-0.2, -0.15) is 5.10 Å². The highest BCUT2D eigenvalue weighted by Gasteiger charge is 2.10. The van der Waals surface area contributed by atoms with Gasteiger partial charge in [0.2, 0.25) is 10.0 Å². The normalized spacial score (nSPS) is 12.2. The third-order valence-corrected chi connectivity index (χ3v) is 4.26. The van der Waals surface area contributed by atoms with Crippen molar-refractivity contribution < 1.29 is 8.42 Å². The van der Waals surface area contributed by atoms with E-state index in [9.17, 15) is 8.42 Å². The van der Waals surface area contributed by atoms with Crippen LogP contribution in [0.15, 0.2) is 6.20 Å². The molecule has 0 aromatic carbocycles. The third kappa shape index (κ3) is 5.64. The van der Waals surface area contributed by atoms with Gasteiger partial charge in [0.1, 0.15) is 0 Å². The zero-order valence-electron chi connectivity index (χ0n) is 11.4. The van der Waals surface area contributed by atoms with Crippen molar-refractivity contribution in [2.45, 2.75) is 40.0 Å². The second-order valence-electron chi connectivity index (χ2n) is 5.02. The molecule has 104 valence electrons. The van der Waals surface area contributed by atoms with Gasteiger partial charge in [-0.05, 0) is 37.7 Å². The van der Waals surface area contributed by atoms with Gasteiger partial charge in [0.25, 0.3) is 0 Å². The summed E-state index contributed by atoms with van der Waals surface area (Å²) in [4.78, 5) is 0. The summed E-state index contributed by atoms with van der Waals surface area (Å²) in [5, 5.41) is 6.80. The number of hydrogen-bond acceptors (Lipinski definition) is 3. The Morgan fingerprint density at radius 1 is 1.44 bits per heavy atom. The van der Waals surface area contributed by atoms with Crippen LogP contribution in [0.4, 0.5) is 0 Å². The Balaban J connectivity index is 2.23. The summed E-state index contributed by atoms with van der Waals surface area (Å²) in [6.45, 7) is 6.51. The lowest BCUT2D eigenvalue weighted by molar-refractivity contribution is 0.560. The van der Waals surface area contributed by atoms with Crippen LogP contribution >= 0.6 is 0 Å². The van der Waals surface area contributed by atoms with E-state index in [1.165, 1.54) is 0 Å². The summed E-state index contributed by atoms with van der Waals surface area (Å²) in [5.74, 6) is 0.630. The summed E-state index contributed by atoms with van der Waals surface area (Å²) in [7, 11) is -3.10. The average Bonchev–Trinajstić information content (AvgIpc) is 2.68. The first-order chi connectivity index (χ1) is 8.41. The quantitative estimate of drug-likeness (QED) is 0.707. The first-order valence-electron chi connectivity index (χ1n) is 6.37. The molecule has 0 amide bonds. The van der Waals surface area contributed by atoms with Crippen molar-refractivity contribution >= 4 is 10.0 Å². The highest BCUT2D eigenvalue weighted by Crippen LogP contribution is 2.06. The fraction of sp³-hybridized carbons (Fsp3) is 0.750. The summed E-state index contributed by atoms with van der Waals surface area (Å²) in [5.41, 5.74) is 2.20. The van der Waals surface area contributed by atoms with Gasteiger partial charge in [0, 0.05) is 12.2 Å². The molecule has 0 fully saturated rings. The molecule has 18 heavy (non-hydrogen) atoms. The number of aromatic nitrogens is 2. The highest BCUT2D eigenvalue weighted by molar-refractivity contribution is 7.89. The standard InChI is InChI=1S/C12H23N3O2S/c1-10(2)6-8-18(16,17)14-7-4-5-12-9-13-15-11(12)3/h9-10,14H,4-8H2,1-3H3,(H,13,15). The van der Waals surface area contributed by atoms with Crippen molar-refractivity contribution in [1.82, 2.24) is 14.9 Å². The molecule has 6 heteroatoms. The zero-order chi connectivity index (χ0) is 13.6. The second-order valence-corrected chi connectivity index (χ2v) is 6.95. The Morgan fingerprint density at radius 3 is 2.72 bits per heavy atom. The van der Waals surface area contributed by atoms with Crippen LogP contribution in [0.25, 0.3) is 0 Å². The van der Waals surface area contributed by atoms with Gasteiger partial charge in [-0.15, -0.1) is 0 Å². The van der Waals surface area contributed by atoms with Crippen molar-refractivity contribution in [2.24, 2.45) is 5.92 Å². The number of aryl methyl sites for hydroxylation is 2. The van der Waals surface area contributed by atoms with Crippen LogP contribution in [0.1, 0.15) is 37.9 Å². The molecule has 0 aliphatic carbocycles. The number of rotatable bonds is 8. The van der Waals surface area contributed by atoms with Crippen molar-refractivity contribution in [2.75, 3.05) is 12.3 Å². The number of nitrogens with one attached hydrogen (secondary N) is 2. The van der Waals surface area contributed by atoms with Gasteiger partial charge in [0.15, 0.2) is 0 Å². The Bertz CT molecular complexity index is 452. The molecule has 0 unspecified atom stereocenters. The van der Waals surface area contributed by atoms with Gasteiger partial charge < -0.3 is 0 Å². The Labute approximate surface area is 109 Å². The molecule has 1 aromatic rings. The van der Waals surface area contributed by atoms with E-state index in [2.05, 4.69) is 14.9 Å². The van der Waals surface area contributed by atoms with Gasteiger partial charge in [0.05, 0.1) is 11.9 Å². The molecule has 0 saturated carbocycles. The number of H-pyrrole nitrogens is 1. The maximum Gasteiger partial charge on any atom is 0.211 e. The molecule has 5 nitrogen and oxygen atoms in total. The number of sulfonamides is 1. The molecule has 0 aliphatic heterocycles. The Hall–Kier alpha value is -0.880. The Morgan fingerprint density at radius 2 is 2.17 bits per heavy atom. The summed E-state index contributed by atoms with van der Waals surface area (Å²) < 4.78 is 25.9. The lowest BCUT2D eigenvalue weighted by Crippen LogP contribution is -2.28. The lowest BCUT2D eigenvalue weighted by atomic mass is 10.1. The summed E-state index contributed by atoms with van der Waals surface area (Å²) >= 11 is 0. The largest absolute Gasteiger partial charge is 0.283 e. The molecule has 0 aliphatic rings. The maximum atomic E-state index is 11.6. The predicted molar refractivity (Wildman–Crippen MR) is 72.9 cm³/mol. The summed E-state index contributed by atoms with van der Waals surface area (Å²) in [6, 6.07) is 0. The minimum absolute atomic E-state index is 0.218. The molecule has 0 bridgehead atoms. The molecular formula is C12H23N3O2S. The van der Waals surface area contributed by atoms with E-state index >= 15 is 0 Å². The minimum atomic E-state index is -3.10. The lowest BCUT2D eigenvalue weighted by Gasteiger charge is -2.08. The van der Waals surface area contributed by atoms with Crippen LogP contribution in [0, 0.1) is 12.8 Å². The van der Waals surface area contributed by atoms with Crippen molar-refractivity contribution in [3.8, 4) is 0 Å². The highest BCUT2D eigenvalue weighted by atomic mass is 32.2. The molecule has 1 aromatic heterocycles. The van der Waals surface area contributed by atoms with Crippen molar-refractivity contribution in [3.63, 3.8) is 0 Å².